The summed E-state index contributed by atoms with van der Waals surface area (Å²) in [7, 11) is 0. The third kappa shape index (κ3) is 4.35. The fourth-order valence-electron chi connectivity index (χ4n) is 3.06. The molecule has 1 aromatic heterocycles. The molecule has 2 unspecified atom stereocenters. The van der Waals surface area contributed by atoms with E-state index in [1.165, 1.54) is 6.42 Å². The molecule has 0 aromatic carbocycles. The number of aromatic nitrogens is 1. The van der Waals surface area contributed by atoms with Crippen LogP contribution >= 0.6 is 11.6 Å². The van der Waals surface area contributed by atoms with Gasteiger partial charge in [0, 0.05) is 18.8 Å². The average Bonchev–Trinajstić information content (AvgIpc) is 2.38. The second kappa shape index (κ2) is 7.28. The molecule has 1 aliphatic rings. The molecule has 0 radical (unpaired) electrons. The fraction of sp³-hybridized carbons (Fsp3) is 0.688. The van der Waals surface area contributed by atoms with E-state index in [0.29, 0.717) is 10.9 Å². The van der Waals surface area contributed by atoms with Gasteiger partial charge in [0.25, 0.3) is 0 Å². The molecule has 0 bridgehead atoms. The molecule has 1 N–H and O–H groups in total. The van der Waals surface area contributed by atoms with Gasteiger partial charge in [0.05, 0.1) is 5.02 Å². The summed E-state index contributed by atoms with van der Waals surface area (Å²) < 4.78 is 6.07. The van der Waals surface area contributed by atoms with Gasteiger partial charge in [-0.15, -0.1) is 0 Å². The Morgan fingerprint density at radius 1 is 1.30 bits per heavy atom. The molecule has 112 valence electrons. The summed E-state index contributed by atoms with van der Waals surface area (Å²) >= 11 is 6.16. The largest absolute Gasteiger partial charge is 0.474 e. The molecule has 1 heterocycles. The smallest absolute Gasteiger partial charge is 0.213 e. The first kappa shape index (κ1) is 15.6. The monoisotopic (exact) mass is 296 g/mol. The summed E-state index contributed by atoms with van der Waals surface area (Å²) in [6.07, 6.45) is 5.53. The number of hydrogen-bond acceptors (Lipinski definition) is 3. The Bertz CT molecular complexity index is 428. The summed E-state index contributed by atoms with van der Waals surface area (Å²) in [5, 5.41) is 3.98. The van der Waals surface area contributed by atoms with Gasteiger partial charge in [0.2, 0.25) is 5.88 Å². The number of nitrogens with one attached hydrogen (secondary N) is 1. The number of halogens is 1. The van der Waals surface area contributed by atoms with E-state index in [2.05, 4.69) is 31.1 Å². The third-order valence-corrected chi connectivity index (χ3v) is 4.24. The summed E-state index contributed by atoms with van der Waals surface area (Å²) in [5.74, 6) is 2.17. The lowest BCUT2D eigenvalue weighted by Gasteiger charge is -2.31. The zero-order valence-electron chi connectivity index (χ0n) is 12.7. The van der Waals surface area contributed by atoms with Crippen molar-refractivity contribution in [2.75, 3.05) is 6.54 Å². The van der Waals surface area contributed by atoms with Gasteiger partial charge in [-0.05, 0) is 43.2 Å². The number of nitrogens with zero attached hydrogens (tertiary/aromatic N) is 1. The Balaban J connectivity index is 2.01. The number of hydrogen-bond donors (Lipinski definition) is 1. The van der Waals surface area contributed by atoms with Crippen LogP contribution < -0.4 is 10.1 Å². The van der Waals surface area contributed by atoms with Crippen LogP contribution in [0.1, 0.15) is 45.6 Å². The topological polar surface area (TPSA) is 34.1 Å². The number of pyridine rings is 1. The number of ether oxygens (including phenoxy) is 1. The van der Waals surface area contributed by atoms with Crippen LogP contribution in [0.5, 0.6) is 5.88 Å². The molecule has 2 rings (SSSR count). The van der Waals surface area contributed by atoms with E-state index in [4.69, 9.17) is 16.3 Å². The highest BCUT2D eigenvalue weighted by atomic mass is 35.5. The zero-order valence-corrected chi connectivity index (χ0v) is 13.4. The molecule has 1 fully saturated rings. The first-order chi connectivity index (χ1) is 9.58. The lowest BCUT2D eigenvalue weighted by Crippen LogP contribution is -2.28. The van der Waals surface area contributed by atoms with Crippen LogP contribution in [-0.4, -0.2) is 17.6 Å². The minimum absolute atomic E-state index is 0.286. The highest BCUT2D eigenvalue weighted by molar-refractivity contribution is 6.31. The lowest BCUT2D eigenvalue weighted by molar-refractivity contribution is 0.0966. The van der Waals surface area contributed by atoms with Crippen LogP contribution in [0.15, 0.2) is 12.3 Å². The molecule has 1 saturated carbocycles. The van der Waals surface area contributed by atoms with Gasteiger partial charge in [0.1, 0.15) is 6.10 Å². The Morgan fingerprint density at radius 3 is 2.65 bits per heavy atom. The molecule has 4 heteroatoms. The molecular formula is C16H25ClN2O. The highest BCUT2D eigenvalue weighted by Gasteiger charge is 2.25. The van der Waals surface area contributed by atoms with Gasteiger partial charge in [-0.25, -0.2) is 4.98 Å². The van der Waals surface area contributed by atoms with Gasteiger partial charge in [-0.3, -0.25) is 0 Å². The van der Waals surface area contributed by atoms with Crippen molar-refractivity contribution in [3.05, 3.63) is 22.8 Å². The summed E-state index contributed by atoms with van der Waals surface area (Å²) in [6.45, 7) is 8.37. The molecule has 0 amide bonds. The van der Waals surface area contributed by atoms with Gasteiger partial charge in [-0.2, -0.15) is 0 Å². The van der Waals surface area contributed by atoms with Gasteiger partial charge in [0.15, 0.2) is 0 Å². The third-order valence-electron chi connectivity index (χ3n) is 3.90. The maximum atomic E-state index is 6.16. The van der Waals surface area contributed by atoms with E-state index in [9.17, 15) is 0 Å². The maximum Gasteiger partial charge on any atom is 0.213 e. The standard InChI is InChI=1S/C16H25ClN2O/c1-4-18-9-13-8-16(19-10-15(13)17)20-14-6-11(2)5-12(3)7-14/h8,10-12,14,18H,4-7,9H2,1-3H3. The van der Waals surface area contributed by atoms with Crippen LogP contribution in [0.2, 0.25) is 5.02 Å². The number of rotatable bonds is 5. The summed E-state index contributed by atoms with van der Waals surface area (Å²) in [5.41, 5.74) is 1.05. The van der Waals surface area contributed by atoms with Crippen molar-refractivity contribution in [1.29, 1.82) is 0 Å². The second-order valence-electron chi connectivity index (χ2n) is 6.05. The van der Waals surface area contributed by atoms with E-state index in [1.54, 1.807) is 6.20 Å². The Hall–Kier alpha value is -0.800. The van der Waals surface area contributed by atoms with Gasteiger partial charge >= 0.3 is 0 Å². The molecule has 0 aliphatic heterocycles. The maximum absolute atomic E-state index is 6.16. The van der Waals surface area contributed by atoms with E-state index in [0.717, 1.165) is 43.3 Å². The normalized spacial score (nSPS) is 26.5. The molecule has 3 nitrogen and oxygen atoms in total. The van der Waals surface area contributed by atoms with Crippen molar-refractivity contribution < 1.29 is 4.74 Å². The van der Waals surface area contributed by atoms with Gasteiger partial charge in [-0.1, -0.05) is 32.4 Å². The summed E-state index contributed by atoms with van der Waals surface area (Å²) in [4.78, 5) is 4.31. The molecule has 1 aromatic rings. The average molecular weight is 297 g/mol. The zero-order chi connectivity index (χ0) is 14.5. The highest BCUT2D eigenvalue weighted by Crippen LogP contribution is 2.31. The van der Waals surface area contributed by atoms with E-state index in [1.807, 2.05) is 6.07 Å². The van der Waals surface area contributed by atoms with Crippen molar-refractivity contribution in [3.63, 3.8) is 0 Å². The van der Waals surface area contributed by atoms with Crippen molar-refractivity contribution in [2.45, 2.75) is 52.7 Å². The molecule has 2 atom stereocenters. The first-order valence-electron chi connectivity index (χ1n) is 7.60. The van der Waals surface area contributed by atoms with Gasteiger partial charge < -0.3 is 10.1 Å². The van der Waals surface area contributed by atoms with Crippen molar-refractivity contribution in [1.82, 2.24) is 10.3 Å². The molecule has 20 heavy (non-hydrogen) atoms. The second-order valence-corrected chi connectivity index (χ2v) is 6.46. The predicted octanol–water partition coefficient (Wildman–Crippen LogP) is 4.05. The van der Waals surface area contributed by atoms with E-state index in [-0.39, 0.29) is 6.10 Å². The predicted molar refractivity (Wildman–Crippen MR) is 83.2 cm³/mol. The van der Waals surface area contributed by atoms with Crippen LogP contribution in [0.25, 0.3) is 0 Å². The lowest BCUT2D eigenvalue weighted by atomic mass is 9.82. The van der Waals surface area contributed by atoms with Crippen LogP contribution in [0, 0.1) is 11.8 Å². The van der Waals surface area contributed by atoms with Crippen LogP contribution in [0.4, 0.5) is 0 Å². The quantitative estimate of drug-likeness (QED) is 0.890. The van der Waals surface area contributed by atoms with E-state index >= 15 is 0 Å². The molecule has 0 spiro atoms. The first-order valence-corrected chi connectivity index (χ1v) is 7.98. The minimum Gasteiger partial charge on any atom is -0.474 e. The minimum atomic E-state index is 0.286. The molecular weight excluding hydrogens is 272 g/mol. The summed E-state index contributed by atoms with van der Waals surface area (Å²) in [6, 6.07) is 1.97. The van der Waals surface area contributed by atoms with Crippen LogP contribution in [0.3, 0.4) is 0 Å². The Morgan fingerprint density at radius 2 is 2.00 bits per heavy atom. The SMILES string of the molecule is CCNCc1cc(OC2CC(C)CC(C)C2)ncc1Cl. The van der Waals surface area contributed by atoms with E-state index < -0.39 is 0 Å². The van der Waals surface area contributed by atoms with Crippen molar-refractivity contribution in [3.8, 4) is 5.88 Å². The fourth-order valence-corrected chi connectivity index (χ4v) is 3.23. The van der Waals surface area contributed by atoms with Crippen molar-refractivity contribution >= 4 is 11.6 Å². The molecule has 1 aliphatic carbocycles. The Kier molecular flexibility index (Phi) is 5.67. The molecule has 0 saturated heterocycles. The van der Waals surface area contributed by atoms with Crippen molar-refractivity contribution in [2.24, 2.45) is 11.8 Å². The van der Waals surface area contributed by atoms with Crippen LogP contribution in [-0.2, 0) is 6.54 Å². The Labute approximate surface area is 127 Å².